The summed E-state index contributed by atoms with van der Waals surface area (Å²) in [6.07, 6.45) is -3.05. The zero-order valence-corrected chi connectivity index (χ0v) is 18.5. The molecule has 1 fully saturated rings. The van der Waals surface area contributed by atoms with Gasteiger partial charge in [-0.05, 0) is 58.3 Å². The number of pyridine rings is 1. The quantitative estimate of drug-likeness (QED) is 0.545. The fraction of sp³-hybridized carbons (Fsp3) is 0.348. The SMILES string of the molecule is Cc1cc(C(F)(F)F)nc(-c2ccc(-c3ccc(B4OC(C)(C)C(C)(C)O4)cc3)nc2)n1. The Hall–Kier alpha value is -2.78. The lowest BCUT2D eigenvalue weighted by atomic mass is 9.79. The van der Waals surface area contributed by atoms with Gasteiger partial charge in [0.2, 0.25) is 0 Å². The highest BCUT2D eigenvalue weighted by Crippen LogP contribution is 2.36. The molecule has 3 aromatic rings. The number of hydrogen-bond acceptors (Lipinski definition) is 5. The van der Waals surface area contributed by atoms with E-state index in [1.165, 1.54) is 13.1 Å². The van der Waals surface area contributed by atoms with Crippen molar-refractivity contribution in [1.29, 1.82) is 0 Å². The number of aromatic nitrogens is 3. The highest BCUT2D eigenvalue weighted by Gasteiger charge is 2.51. The summed E-state index contributed by atoms with van der Waals surface area (Å²) in [6.45, 7) is 9.51. The van der Waals surface area contributed by atoms with E-state index in [2.05, 4.69) is 15.0 Å². The fourth-order valence-corrected chi connectivity index (χ4v) is 3.33. The number of halogens is 3. The summed E-state index contributed by atoms with van der Waals surface area (Å²) in [4.78, 5) is 12.2. The van der Waals surface area contributed by atoms with Crippen LogP contribution in [0.5, 0.6) is 0 Å². The predicted octanol–water partition coefficient (Wildman–Crippen LogP) is 4.83. The smallest absolute Gasteiger partial charge is 0.399 e. The molecule has 0 spiro atoms. The molecule has 4 rings (SSSR count). The maximum atomic E-state index is 13.1. The lowest BCUT2D eigenvalue weighted by molar-refractivity contribution is -0.141. The molecule has 9 heteroatoms. The summed E-state index contributed by atoms with van der Waals surface area (Å²) in [5.74, 6) is -0.00696. The molecular weight excluding hydrogens is 418 g/mol. The topological polar surface area (TPSA) is 57.1 Å². The summed E-state index contributed by atoms with van der Waals surface area (Å²) in [6, 6.07) is 12.0. The van der Waals surface area contributed by atoms with Crippen LogP contribution in [-0.2, 0) is 15.5 Å². The Morgan fingerprint density at radius 2 is 1.44 bits per heavy atom. The summed E-state index contributed by atoms with van der Waals surface area (Å²) in [7, 11) is -0.453. The van der Waals surface area contributed by atoms with Gasteiger partial charge in [-0.3, -0.25) is 4.98 Å². The zero-order chi connectivity index (χ0) is 23.3. The van der Waals surface area contributed by atoms with Crippen molar-refractivity contribution in [2.75, 3.05) is 0 Å². The molecule has 0 amide bonds. The molecule has 0 aliphatic carbocycles. The molecule has 0 radical (unpaired) electrons. The van der Waals surface area contributed by atoms with E-state index in [9.17, 15) is 13.2 Å². The lowest BCUT2D eigenvalue weighted by Crippen LogP contribution is -2.41. The number of benzene rings is 1. The highest BCUT2D eigenvalue weighted by atomic mass is 19.4. The third-order valence-electron chi connectivity index (χ3n) is 5.90. The number of aryl methyl sites for hydroxylation is 1. The van der Waals surface area contributed by atoms with Crippen molar-refractivity contribution in [1.82, 2.24) is 15.0 Å². The van der Waals surface area contributed by atoms with Crippen LogP contribution in [0.3, 0.4) is 0 Å². The molecule has 0 atom stereocenters. The van der Waals surface area contributed by atoms with Gasteiger partial charge in [0.15, 0.2) is 5.82 Å². The van der Waals surface area contributed by atoms with Gasteiger partial charge in [-0.2, -0.15) is 13.2 Å². The second-order valence-electron chi connectivity index (χ2n) is 8.86. The van der Waals surface area contributed by atoms with E-state index in [1.807, 2.05) is 52.0 Å². The second kappa shape index (κ2) is 7.67. The Kier molecular flexibility index (Phi) is 5.37. The number of rotatable bonds is 3. The Bertz CT molecular complexity index is 1110. The van der Waals surface area contributed by atoms with Crippen molar-refractivity contribution in [3.63, 3.8) is 0 Å². The van der Waals surface area contributed by atoms with E-state index >= 15 is 0 Å². The van der Waals surface area contributed by atoms with Crippen molar-refractivity contribution < 1.29 is 22.5 Å². The molecule has 1 saturated heterocycles. The van der Waals surface area contributed by atoms with Gasteiger partial charge in [0.25, 0.3) is 0 Å². The van der Waals surface area contributed by atoms with Crippen LogP contribution in [0.15, 0.2) is 48.7 Å². The summed E-state index contributed by atoms with van der Waals surface area (Å²) in [5, 5.41) is 0. The van der Waals surface area contributed by atoms with Crippen molar-refractivity contribution in [2.45, 2.75) is 52.0 Å². The average Bonchev–Trinajstić information content (AvgIpc) is 2.94. The van der Waals surface area contributed by atoms with Crippen molar-refractivity contribution >= 4 is 12.6 Å². The van der Waals surface area contributed by atoms with Crippen molar-refractivity contribution in [3.8, 4) is 22.6 Å². The molecule has 1 aliphatic heterocycles. The first-order valence-corrected chi connectivity index (χ1v) is 10.2. The van der Waals surface area contributed by atoms with E-state index in [1.54, 1.807) is 12.1 Å². The fourth-order valence-electron chi connectivity index (χ4n) is 3.33. The van der Waals surface area contributed by atoms with E-state index in [4.69, 9.17) is 9.31 Å². The van der Waals surface area contributed by atoms with E-state index in [-0.39, 0.29) is 11.5 Å². The van der Waals surface area contributed by atoms with Gasteiger partial charge in [-0.15, -0.1) is 0 Å². The van der Waals surface area contributed by atoms with Gasteiger partial charge in [0.05, 0.1) is 16.9 Å². The predicted molar refractivity (Wildman–Crippen MR) is 116 cm³/mol. The first-order valence-electron chi connectivity index (χ1n) is 10.2. The van der Waals surface area contributed by atoms with Crippen LogP contribution in [-0.4, -0.2) is 33.3 Å². The van der Waals surface area contributed by atoms with Crippen LogP contribution >= 0.6 is 0 Å². The minimum Gasteiger partial charge on any atom is -0.399 e. The molecule has 2 aromatic heterocycles. The molecule has 0 unspecified atom stereocenters. The highest BCUT2D eigenvalue weighted by molar-refractivity contribution is 6.62. The molecule has 166 valence electrons. The molecular formula is C23H23BF3N3O2. The Labute approximate surface area is 185 Å². The average molecular weight is 441 g/mol. The zero-order valence-electron chi connectivity index (χ0n) is 18.5. The van der Waals surface area contributed by atoms with Gasteiger partial charge in [0.1, 0.15) is 5.69 Å². The molecule has 5 nitrogen and oxygen atoms in total. The van der Waals surface area contributed by atoms with Gasteiger partial charge in [0, 0.05) is 23.0 Å². The van der Waals surface area contributed by atoms with Crippen LogP contribution in [0.2, 0.25) is 0 Å². The third-order valence-corrected chi connectivity index (χ3v) is 5.90. The van der Waals surface area contributed by atoms with Crippen molar-refractivity contribution in [3.05, 3.63) is 60.0 Å². The molecule has 0 bridgehead atoms. The number of nitrogens with zero attached hydrogens (tertiary/aromatic N) is 3. The second-order valence-corrected chi connectivity index (χ2v) is 8.86. The largest absolute Gasteiger partial charge is 0.494 e. The van der Waals surface area contributed by atoms with Crippen LogP contribution in [0.4, 0.5) is 13.2 Å². The summed E-state index contributed by atoms with van der Waals surface area (Å²) in [5.41, 5.74) is 1.28. The Morgan fingerprint density at radius 3 is 1.97 bits per heavy atom. The van der Waals surface area contributed by atoms with Gasteiger partial charge < -0.3 is 9.31 Å². The van der Waals surface area contributed by atoms with Crippen LogP contribution in [0.1, 0.15) is 39.1 Å². The summed E-state index contributed by atoms with van der Waals surface area (Å²) < 4.78 is 51.3. The number of alkyl halides is 3. The first-order chi connectivity index (χ1) is 14.9. The molecule has 3 heterocycles. The molecule has 1 aromatic carbocycles. The Balaban J connectivity index is 1.55. The van der Waals surface area contributed by atoms with Gasteiger partial charge in [-0.25, -0.2) is 9.97 Å². The maximum absolute atomic E-state index is 13.1. The molecule has 1 aliphatic rings. The monoisotopic (exact) mass is 441 g/mol. The number of hydrogen-bond donors (Lipinski definition) is 0. The van der Waals surface area contributed by atoms with Crippen molar-refractivity contribution in [2.24, 2.45) is 0 Å². The molecule has 32 heavy (non-hydrogen) atoms. The van der Waals surface area contributed by atoms with Crippen LogP contribution < -0.4 is 5.46 Å². The van der Waals surface area contributed by atoms with Gasteiger partial charge in [-0.1, -0.05) is 24.3 Å². The first kappa shape index (κ1) is 22.4. The minimum absolute atomic E-state index is 0.00696. The van der Waals surface area contributed by atoms with Crippen LogP contribution in [0.25, 0.3) is 22.6 Å². The van der Waals surface area contributed by atoms with E-state index in [0.29, 0.717) is 11.3 Å². The minimum atomic E-state index is -4.53. The lowest BCUT2D eigenvalue weighted by Gasteiger charge is -2.32. The van der Waals surface area contributed by atoms with Crippen LogP contribution in [0, 0.1) is 6.92 Å². The summed E-state index contributed by atoms with van der Waals surface area (Å²) >= 11 is 0. The molecule has 0 N–H and O–H groups in total. The standard InChI is InChI=1S/C23H23BF3N3O2/c1-14-12-19(23(25,26)27)30-20(29-14)16-8-11-18(28-13-16)15-6-9-17(10-7-15)24-31-21(2,3)22(4,5)32-24/h6-13H,1-5H3. The Morgan fingerprint density at radius 1 is 0.844 bits per heavy atom. The third kappa shape index (κ3) is 4.27. The molecule has 0 saturated carbocycles. The van der Waals surface area contributed by atoms with E-state index < -0.39 is 30.2 Å². The normalized spacial score (nSPS) is 17.6. The maximum Gasteiger partial charge on any atom is 0.494 e. The van der Waals surface area contributed by atoms with Gasteiger partial charge >= 0.3 is 13.3 Å². The van der Waals surface area contributed by atoms with E-state index in [0.717, 1.165) is 17.1 Å².